The van der Waals surface area contributed by atoms with Gasteiger partial charge in [0.1, 0.15) is 5.15 Å². The monoisotopic (exact) mass is 435 g/mol. The van der Waals surface area contributed by atoms with Gasteiger partial charge in [-0.1, -0.05) is 29.8 Å². The number of halogens is 1. The molecular formula is C18H18ClN5O4S. The van der Waals surface area contributed by atoms with E-state index in [9.17, 15) is 13.2 Å². The zero-order valence-corrected chi connectivity index (χ0v) is 17.7. The highest BCUT2D eigenvalue weighted by molar-refractivity contribution is 7.92. The summed E-state index contributed by atoms with van der Waals surface area (Å²) in [5.41, 5.74) is 3.11. The van der Waals surface area contributed by atoms with Crippen LogP contribution in [0.15, 0.2) is 35.4 Å². The fraction of sp³-hybridized carbons (Fsp3) is 0.222. The molecule has 0 spiro atoms. The number of hydrogen-bond donors (Lipinski definition) is 1. The smallest absolute Gasteiger partial charge is 0.358 e. The lowest BCUT2D eigenvalue weighted by molar-refractivity contribution is 0.0593. The van der Waals surface area contributed by atoms with Crippen molar-refractivity contribution in [2.24, 2.45) is 7.05 Å². The Bertz CT molecular complexity index is 1190. The molecule has 0 bridgehead atoms. The second-order valence-corrected chi connectivity index (χ2v) is 8.27. The van der Waals surface area contributed by atoms with Gasteiger partial charge in [0.25, 0.3) is 10.0 Å². The molecule has 0 radical (unpaired) electrons. The Morgan fingerprint density at radius 3 is 2.45 bits per heavy atom. The normalized spacial score (nSPS) is 11.3. The Balaban J connectivity index is 2.02. The molecule has 0 aliphatic rings. The summed E-state index contributed by atoms with van der Waals surface area (Å²) in [5.74, 6) is -0.950. The van der Waals surface area contributed by atoms with Gasteiger partial charge in [-0.05, 0) is 25.0 Å². The van der Waals surface area contributed by atoms with Crippen molar-refractivity contribution in [3.63, 3.8) is 0 Å². The fourth-order valence-electron chi connectivity index (χ4n) is 2.89. The van der Waals surface area contributed by atoms with Crippen LogP contribution in [0.2, 0.25) is 5.15 Å². The summed E-state index contributed by atoms with van der Waals surface area (Å²) in [6.07, 6.45) is 0. The molecule has 0 saturated carbocycles. The number of anilines is 1. The fourth-order valence-corrected chi connectivity index (χ4v) is 4.16. The van der Waals surface area contributed by atoms with Gasteiger partial charge in [0.05, 0.1) is 12.8 Å². The number of esters is 1. The summed E-state index contributed by atoms with van der Waals surface area (Å²) >= 11 is 6.11. The van der Waals surface area contributed by atoms with Gasteiger partial charge in [-0.3, -0.25) is 4.68 Å². The van der Waals surface area contributed by atoms with Crippen LogP contribution in [0.5, 0.6) is 0 Å². The lowest BCUT2D eigenvalue weighted by Crippen LogP contribution is -2.18. The Morgan fingerprint density at radius 1 is 1.17 bits per heavy atom. The van der Waals surface area contributed by atoms with E-state index in [1.54, 1.807) is 6.07 Å². The molecule has 1 N–H and O–H groups in total. The molecule has 29 heavy (non-hydrogen) atoms. The minimum Gasteiger partial charge on any atom is -0.464 e. The number of carbonyl (C=O) groups is 1. The van der Waals surface area contributed by atoms with E-state index in [1.807, 2.05) is 32.0 Å². The largest absolute Gasteiger partial charge is 0.464 e. The van der Waals surface area contributed by atoms with Gasteiger partial charge in [0.15, 0.2) is 10.7 Å². The highest BCUT2D eigenvalue weighted by Gasteiger charge is 2.24. The van der Waals surface area contributed by atoms with E-state index in [-0.39, 0.29) is 21.8 Å². The van der Waals surface area contributed by atoms with Crippen molar-refractivity contribution in [2.75, 3.05) is 11.8 Å². The van der Waals surface area contributed by atoms with Gasteiger partial charge in [-0.2, -0.15) is 13.5 Å². The van der Waals surface area contributed by atoms with Gasteiger partial charge >= 0.3 is 5.97 Å². The number of benzene rings is 1. The molecule has 3 aromatic rings. The maximum atomic E-state index is 12.8. The van der Waals surface area contributed by atoms with Crippen LogP contribution < -0.4 is 4.72 Å². The van der Waals surface area contributed by atoms with Crippen molar-refractivity contribution in [2.45, 2.75) is 18.9 Å². The topological polar surface area (TPSA) is 116 Å². The van der Waals surface area contributed by atoms with Gasteiger partial charge in [0, 0.05) is 24.7 Å². The van der Waals surface area contributed by atoms with Crippen LogP contribution in [0.4, 0.5) is 5.95 Å². The number of nitrogens with zero attached hydrogens (tertiary/aromatic N) is 4. The van der Waals surface area contributed by atoms with E-state index in [0.717, 1.165) is 27.4 Å². The van der Waals surface area contributed by atoms with E-state index in [4.69, 9.17) is 11.6 Å². The van der Waals surface area contributed by atoms with E-state index >= 15 is 0 Å². The molecule has 0 atom stereocenters. The number of hydrogen-bond acceptors (Lipinski definition) is 7. The van der Waals surface area contributed by atoms with Crippen LogP contribution in [-0.4, -0.2) is 41.2 Å². The quantitative estimate of drug-likeness (QED) is 0.483. The van der Waals surface area contributed by atoms with Crippen molar-refractivity contribution in [3.05, 3.63) is 52.3 Å². The van der Waals surface area contributed by atoms with Gasteiger partial charge in [0.2, 0.25) is 5.95 Å². The SMILES string of the molecule is COC(=O)c1cc(S(=O)(=O)Nc2nc(Cl)cc(-c3c(C)cccc3C)n2)n(C)n1. The number of methoxy groups -OCH3 is 1. The highest BCUT2D eigenvalue weighted by Crippen LogP contribution is 2.28. The second kappa shape index (κ2) is 7.80. The molecule has 1 aromatic carbocycles. The second-order valence-electron chi connectivity index (χ2n) is 6.25. The summed E-state index contributed by atoms with van der Waals surface area (Å²) in [4.78, 5) is 19.9. The lowest BCUT2D eigenvalue weighted by atomic mass is 10.00. The zero-order chi connectivity index (χ0) is 21.3. The van der Waals surface area contributed by atoms with Crippen molar-refractivity contribution in [3.8, 4) is 11.3 Å². The molecule has 2 aromatic heterocycles. The average molecular weight is 436 g/mol. The van der Waals surface area contributed by atoms with Crippen LogP contribution in [0.3, 0.4) is 0 Å². The third kappa shape index (κ3) is 4.22. The van der Waals surface area contributed by atoms with Crippen molar-refractivity contribution in [1.29, 1.82) is 0 Å². The van der Waals surface area contributed by atoms with Crippen LogP contribution >= 0.6 is 11.6 Å². The first kappa shape index (κ1) is 20.7. The number of ether oxygens (including phenoxy) is 1. The minimum atomic E-state index is -4.14. The molecule has 152 valence electrons. The van der Waals surface area contributed by atoms with Gasteiger partial charge in [-0.25, -0.2) is 19.5 Å². The first-order valence-corrected chi connectivity index (χ1v) is 10.2. The molecule has 11 heteroatoms. The third-order valence-electron chi connectivity index (χ3n) is 4.16. The molecule has 0 amide bonds. The summed E-state index contributed by atoms with van der Waals surface area (Å²) in [7, 11) is -1.57. The molecule has 3 rings (SSSR count). The van der Waals surface area contributed by atoms with E-state index < -0.39 is 16.0 Å². The molecule has 0 fully saturated rings. The van der Waals surface area contributed by atoms with Crippen LogP contribution in [0, 0.1) is 13.8 Å². The number of rotatable bonds is 5. The van der Waals surface area contributed by atoms with Gasteiger partial charge in [-0.15, -0.1) is 0 Å². The predicted octanol–water partition coefficient (Wildman–Crippen LogP) is 2.73. The highest BCUT2D eigenvalue weighted by atomic mass is 35.5. The minimum absolute atomic E-state index is 0.0793. The molecule has 2 heterocycles. The van der Waals surface area contributed by atoms with Crippen LogP contribution in [0.25, 0.3) is 11.3 Å². The molecule has 0 saturated heterocycles. The maximum absolute atomic E-state index is 12.8. The summed E-state index contributed by atoms with van der Waals surface area (Å²) < 4.78 is 33.5. The standard InChI is InChI=1S/C18H18ClN5O4S/c1-10-6-5-7-11(2)16(10)12-8-14(19)21-18(20-12)23-29(26,27)15-9-13(17(25)28-4)22-24(15)3/h5-9H,1-4H3,(H,20,21,23). The van der Waals surface area contributed by atoms with Gasteiger partial charge < -0.3 is 4.74 Å². The first-order chi connectivity index (χ1) is 13.6. The van der Waals surface area contributed by atoms with E-state index in [2.05, 4.69) is 24.5 Å². The Kier molecular flexibility index (Phi) is 5.58. The van der Waals surface area contributed by atoms with Crippen molar-refractivity contribution >= 4 is 33.5 Å². The predicted molar refractivity (Wildman–Crippen MR) is 107 cm³/mol. The summed E-state index contributed by atoms with van der Waals surface area (Å²) in [6.45, 7) is 3.85. The Morgan fingerprint density at radius 2 is 1.83 bits per heavy atom. The Labute approximate surface area is 172 Å². The summed E-state index contributed by atoms with van der Waals surface area (Å²) in [5, 5.41) is 3.68. The molecule has 0 unspecified atom stereocenters. The van der Waals surface area contributed by atoms with Crippen molar-refractivity contribution in [1.82, 2.24) is 19.7 Å². The number of aryl methyl sites for hydroxylation is 3. The van der Waals surface area contributed by atoms with Crippen LogP contribution in [0.1, 0.15) is 21.6 Å². The molecule has 0 aliphatic carbocycles. The molecule has 9 nitrogen and oxygen atoms in total. The zero-order valence-electron chi connectivity index (χ0n) is 16.1. The first-order valence-electron chi connectivity index (χ1n) is 8.38. The maximum Gasteiger partial charge on any atom is 0.358 e. The number of aromatic nitrogens is 4. The van der Waals surface area contributed by atoms with E-state index in [1.165, 1.54) is 14.2 Å². The average Bonchev–Trinajstić information content (AvgIpc) is 3.03. The number of carbonyl (C=O) groups excluding carboxylic acids is 1. The summed E-state index contributed by atoms with van der Waals surface area (Å²) in [6, 6.07) is 8.43. The molecule has 0 aliphatic heterocycles. The van der Waals surface area contributed by atoms with E-state index in [0.29, 0.717) is 5.69 Å². The molecular weight excluding hydrogens is 418 g/mol. The number of nitrogens with one attached hydrogen (secondary N) is 1. The van der Waals surface area contributed by atoms with Crippen molar-refractivity contribution < 1.29 is 17.9 Å². The lowest BCUT2D eigenvalue weighted by Gasteiger charge is -2.12. The third-order valence-corrected chi connectivity index (χ3v) is 5.74. The Hall–Kier alpha value is -2.98. The number of sulfonamides is 1. The van der Waals surface area contributed by atoms with Crippen LogP contribution in [-0.2, 0) is 21.8 Å².